The SMILES string of the molecule is CCOc1cccc(C2(O)CC(OC)C2)c1. The molecule has 1 aromatic carbocycles. The van der Waals surface area contributed by atoms with Crippen LogP contribution in [0.4, 0.5) is 0 Å². The summed E-state index contributed by atoms with van der Waals surface area (Å²) in [6.07, 6.45) is 1.51. The van der Waals surface area contributed by atoms with Crippen LogP contribution in [-0.2, 0) is 10.3 Å². The lowest BCUT2D eigenvalue weighted by molar-refractivity contribution is -0.133. The van der Waals surface area contributed by atoms with E-state index in [0.717, 1.165) is 11.3 Å². The molecule has 0 heterocycles. The van der Waals surface area contributed by atoms with Gasteiger partial charge in [-0.2, -0.15) is 0 Å². The second kappa shape index (κ2) is 4.44. The Morgan fingerprint density at radius 2 is 2.19 bits per heavy atom. The molecule has 1 fully saturated rings. The van der Waals surface area contributed by atoms with E-state index in [-0.39, 0.29) is 6.10 Å². The summed E-state index contributed by atoms with van der Waals surface area (Å²) in [6.45, 7) is 2.59. The zero-order chi connectivity index (χ0) is 11.6. The first-order chi connectivity index (χ1) is 7.68. The lowest BCUT2D eigenvalue weighted by Gasteiger charge is -2.43. The van der Waals surface area contributed by atoms with Crippen LogP contribution in [0.3, 0.4) is 0 Å². The number of rotatable bonds is 4. The maximum atomic E-state index is 10.3. The number of methoxy groups -OCH3 is 1. The van der Waals surface area contributed by atoms with Crippen LogP contribution in [0, 0.1) is 0 Å². The summed E-state index contributed by atoms with van der Waals surface area (Å²) >= 11 is 0. The third-order valence-electron chi connectivity index (χ3n) is 3.15. The van der Waals surface area contributed by atoms with Crippen LogP contribution in [0.5, 0.6) is 5.75 Å². The normalized spacial score (nSPS) is 28.6. The average molecular weight is 222 g/mol. The molecule has 1 aromatic rings. The van der Waals surface area contributed by atoms with E-state index >= 15 is 0 Å². The van der Waals surface area contributed by atoms with Crippen molar-refractivity contribution in [2.24, 2.45) is 0 Å². The molecule has 0 saturated heterocycles. The zero-order valence-electron chi connectivity index (χ0n) is 9.77. The minimum atomic E-state index is -0.728. The Kier molecular flexibility index (Phi) is 3.17. The molecule has 88 valence electrons. The minimum absolute atomic E-state index is 0.181. The summed E-state index contributed by atoms with van der Waals surface area (Å²) in [5.41, 5.74) is 0.195. The predicted octanol–water partition coefficient (Wildman–Crippen LogP) is 2.08. The van der Waals surface area contributed by atoms with Gasteiger partial charge < -0.3 is 14.6 Å². The average Bonchev–Trinajstić information content (AvgIpc) is 2.25. The number of ether oxygens (including phenoxy) is 2. The van der Waals surface area contributed by atoms with Gasteiger partial charge in [-0.3, -0.25) is 0 Å². The fourth-order valence-corrected chi connectivity index (χ4v) is 2.14. The molecule has 0 atom stereocenters. The molecule has 3 nitrogen and oxygen atoms in total. The van der Waals surface area contributed by atoms with Gasteiger partial charge in [0.2, 0.25) is 0 Å². The first kappa shape index (κ1) is 11.4. The summed E-state index contributed by atoms with van der Waals surface area (Å²) < 4.78 is 10.6. The first-order valence-corrected chi connectivity index (χ1v) is 5.66. The molecule has 0 aliphatic heterocycles. The van der Waals surface area contributed by atoms with E-state index in [4.69, 9.17) is 9.47 Å². The van der Waals surface area contributed by atoms with Crippen LogP contribution in [0.15, 0.2) is 24.3 Å². The number of benzene rings is 1. The molecule has 1 aliphatic carbocycles. The Bertz CT molecular complexity index is 356. The van der Waals surface area contributed by atoms with Crippen LogP contribution in [-0.4, -0.2) is 24.9 Å². The summed E-state index contributed by atoms with van der Waals surface area (Å²) in [7, 11) is 1.68. The van der Waals surface area contributed by atoms with Gasteiger partial charge in [0.05, 0.1) is 18.3 Å². The Morgan fingerprint density at radius 1 is 1.44 bits per heavy atom. The van der Waals surface area contributed by atoms with E-state index in [1.165, 1.54) is 0 Å². The molecule has 1 saturated carbocycles. The van der Waals surface area contributed by atoms with Crippen molar-refractivity contribution in [3.05, 3.63) is 29.8 Å². The number of hydrogen-bond donors (Lipinski definition) is 1. The second-order valence-electron chi connectivity index (χ2n) is 4.26. The lowest BCUT2D eigenvalue weighted by atomic mass is 9.73. The molecule has 1 aliphatic rings. The summed E-state index contributed by atoms with van der Waals surface area (Å²) in [6, 6.07) is 7.67. The third kappa shape index (κ3) is 2.06. The molecule has 3 heteroatoms. The highest BCUT2D eigenvalue weighted by Gasteiger charge is 2.44. The zero-order valence-corrected chi connectivity index (χ0v) is 9.77. The van der Waals surface area contributed by atoms with Crippen LogP contribution >= 0.6 is 0 Å². The van der Waals surface area contributed by atoms with E-state index in [2.05, 4.69) is 0 Å². The molecule has 0 bridgehead atoms. The van der Waals surface area contributed by atoms with Crippen molar-refractivity contribution < 1.29 is 14.6 Å². The predicted molar refractivity (Wildman–Crippen MR) is 61.5 cm³/mol. The molecule has 0 radical (unpaired) electrons. The summed E-state index contributed by atoms with van der Waals surface area (Å²) in [4.78, 5) is 0. The highest BCUT2D eigenvalue weighted by atomic mass is 16.5. The Hall–Kier alpha value is -1.06. The van der Waals surface area contributed by atoms with Gasteiger partial charge in [-0.15, -0.1) is 0 Å². The molecule has 0 unspecified atom stereocenters. The van der Waals surface area contributed by atoms with Crippen molar-refractivity contribution in [2.45, 2.75) is 31.5 Å². The van der Waals surface area contributed by atoms with E-state index in [1.54, 1.807) is 7.11 Å². The molecule has 0 aromatic heterocycles. The van der Waals surface area contributed by atoms with Crippen molar-refractivity contribution in [1.29, 1.82) is 0 Å². The van der Waals surface area contributed by atoms with E-state index in [1.807, 2.05) is 31.2 Å². The van der Waals surface area contributed by atoms with E-state index in [0.29, 0.717) is 19.4 Å². The molecular formula is C13H18O3. The standard InChI is InChI=1S/C13H18O3/c1-3-16-11-6-4-5-10(7-11)13(14)8-12(9-13)15-2/h4-7,12,14H,3,8-9H2,1-2H3. The molecule has 0 amide bonds. The van der Waals surface area contributed by atoms with Crippen molar-refractivity contribution in [2.75, 3.05) is 13.7 Å². The van der Waals surface area contributed by atoms with Gasteiger partial charge >= 0.3 is 0 Å². The third-order valence-corrected chi connectivity index (χ3v) is 3.15. The van der Waals surface area contributed by atoms with Crippen molar-refractivity contribution in [3.8, 4) is 5.75 Å². The quantitative estimate of drug-likeness (QED) is 0.847. The van der Waals surface area contributed by atoms with Crippen molar-refractivity contribution in [3.63, 3.8) is 0 Å². The topological polar surface area (TPSA) is 38.7 Å². The molecule has 16 heavy (non-hydrogen) atoms. The van der Waals surface area contributed by atoms with Gasteiger partial charge in [-0.25, -0.2) is 0 Å². The largest absolute Gasteiger partial charge is 0.494 e. The van der Waals surface area contributed by atoms with Crippen molar-refractivity contribution in [1.82, 2.24) is 0 Å². The highest BCUT2D eigenvalue weighted by molar-refractivity contribution is 5.34. The molecule has 0 spiro atoms. The Balaban J connectivity index is 2.12. The van der Waals surface area contributed by atoms with Gasteiger partial charge in [0, 0.05) is 20.0 Å². The van der Waals surface area contributed by atoms with Crippen molar-refractivity contribution >= 4 is 0 Å². The molecular weight excluding hydrogens is 204 g/mol. The Labute approximate surface area is 96.0 Å². The number of aliphatic hydroxyl groups is 1. The fraction of sp³-hybridized carbons (Fsp3) is 0.538. The molecule has 2 rings (SSSR count). The van der Waals surface area contributed by atoms with Gasteiger partial charge in [-0.05, 0) is 24.6 Å². The van der Waals surface area contributed by atoms with E-state index < -0.39 is 5.60 Å². The van der Waals surface area contributed by atoms with E-state index in [9.17, 15) is 5.11 Å². The van der Waals surface area contributed by atoms with Crippen LogP contribution < -0.4 is 4.74 Å². The molecule has 1 N–H and O–H groups in total. The van der Waals surface area contributed by atoms with Crippen LogP contribution in [0.25, 0.3) is 0 Å². The van der Waals surface area contributed by atoms with Gasteiger partial charge in [0.15, 0.2) is 0 Å². The van der Waals surface area contributed by atoms with Gasteiger partial charge in [-0.1, -0.05) is 12.1 Å². The van der Waals surface area contributed by atoms with Crippen LogP contribution in [0.1, 0.15) is 25.3 Å². The van der Waals surface area contributed by atoms with Gasteiger partial charge in [0.25, 0.3) is 0 Å². The van der Waals surface area contributed by atoms with Crippen LogP contribution in [0.2, 0.25) is 0 Å². The van der Waals surface area contributed by atoms with Gasteiger partial charge in [0.1, 0.15) is 5.75 Å². The maximum Gasteiger partial charge on any atom is 0.119 e. The smallest absolute Gasteiger partial charge is 0.119 e. The minimum Gasteiger partial charge on any atom is -0.494 e. The number of hydrogen-bond acceptors (Lipinski definition) is 3. The highest BCUT2D eigenvalue weighted by Crippen LogP contribution is 2.43. The second-order valence-corrected chi connectivity index (χ2v) is 4.26. The lowest BCUT2D eigenvalue weighted by Crippen LogP contribution is -2.45. The first-order valence-electron chi connectivity index (χ1n) is 5.66. The monoisotopic (exact) mass is 222 g/mol. The fourth-order valence-electron chi connectivity index (χ4n) is 2.14. The Morgan fingerprint density at radius 3 is 2.81 bits per heavy atom. The summed E-state index contributed by atoms with van der Waals surface area (Å²) in [5, 5.41) is 10.3. The maximum absolute atomic E-state index is 10.3. The summed E-state index contributed by atoms with van der Waals surface area (Å²) in [5.74, 6) is 0.814.